The summed E-state index contributed by atoms with van der Waals surface area (Å²) >= 11 is 6.19. The summed E-state index contributed by atoms with van der Waals surface area (Å²) < 4.78 is 35.1. The van der Waals surface area contributed by atoms with Crippen LogP contribution in [-0.4, -0.2) is 101 Å². The molecule has 0 spiro atoms. The Hall–Kier alpha value is -4.54. The third-order valence-corrected chi connectivity index (χ3v) is 11.6. The van der Waals surface area contributed by atoms with Crippen molar-refractivity contribution in [2.75, 3.05) is 50.7 Å². The van der Waals surface area contributed by atoms with Crippen molar-refractivity contribution in [2.24, 2.45) is 5.92 Å². The second-order valence-corrected chi connectivity index (χ2v) is 16.5. The molecule has 4 amide bonds. The van der Waals surface area contributed by atoms with E-state index in [-0.39, 0.29) is 67.4 Å². The molecule has 304 valence electrons. The van der Waals surface area contributed by atoms with Gasteiger partial charge in [0, 0.05) is 55.4 Å². The lowest BCUT2D eigenvalue weighted by Gasteiger charge is -2.31. The molecule has 0 unspecified atom stereocenters. The molecular weight excluding hydrogens is 758 g/mol. The molecule has 1 fully saturated rings. The lowest BCUT2D eigenvalue weighted by Crippen LogP contribution is -2.55. The maximum absolute atomic E-state index is 14.2. The number of hydrogen-bond donors (Lipinski definition) is 5. The maximum Gasteiger partial charge on any atom is 0.303 e. The third-order valence-electron chi connectivity index (χ3n) is 9.47. The normalized spacial score (nSPS) is 15.6. The zero-order chi connectivity index (χ0) is 41.0. The fourth-order valence-corrected chi connectivity index (χ4v) is 7.66. The Morgan fingerprint density at radius 1 is 0.839 bits per heavy atom. The van der Waals surface area contributed by atoms with Crippen LogP contribution in [0.5, 0.6) is 0 Å². The van der Waals surface area contributed by atoms with Crippen LogP contribution in [0.25, 0.3) is 0 Å². The minimum Gasteiger partial charge on any atom is -0.379 e. The number of rotatable bonds is 18. The summed E-state index contributed by atoms with van der Waals surface area (Å²) in [4.78, 5) is 53.7. The third kappa shape index (κ3) is 12.2. The van der Waals surface area contributed by atoms with E-state index in [1.165, 1.54) is 29.6 Å². The van der Waals surface area contributed by atoms with Crippen LogP contribution >= 0.6 is 11.6 Å². The Balaban J connectivity index is 1.62. The number of amides is 4. The molecule has 1 heterocycles. The van der Waals surface area contributed by atoms with Gasteiger partial charge in [0.15, 0.2) is 0 Å². The summed E-state index contributed by atoms with van der Waals surface area (Å²) in [6.07, 6.45) is 0.386. The molecule has 14 nitrogen and oxygen atoms in total. The van der Waals surface area contributed by atoms with E-state index in [4.69, 9.17) is 16.3 Å². The van der Waals surface area contributed by atoms with Gasteiger partial charge >= 0.3 is 10.2 Å². The lowest BCUT2D eigenvalue weighted by atomic mass is 10.0. The molecule has 4 atom stereocenters. The highest BCUT2D eigenvalue weighted by Gasteiger charge is 2.31. The zero-order valence-corrected chi connectivity index (χ0v) is 34.4. The molecule has 1 aliphatic heterocycles. The van der Waals surface area contributed by atoms with Crippen LogP contribution < -0.4 is 30.9 Å². The fraction of sp³-hybridized carbons (Fsp3) is 0.450. The van der Waals surface area contributed by atoms with Crippen molar-refractivity contribution in [1.82, 2.24) is 30.9 Å². The van der Waals surface area contributed by atoms with Gasteiger partial charge in [-0.15, -0.1) is 0 Å². The van der Waals surface area contributed by atoms with Gasteiger partial charge in [-0.3, -0.25) is 23.5 Å². The maximum atomic E-state index is 14.2. The van der Waals surface area contributed by atoms with Crippen molar-refractivity contribution in [3.63, 3.8) is 0 Å². The van der Waals surface area contributed by atoms with Crippen molar-refractivity contribution in [3.05, 3.63) is 100 Å². The monoisotopic (exact) mass is 811 g/mol. The number of hydrogen-bond acceptors (Lipinski definition) is 8. The number of carbonyl (C=O) groups excluding carboxylic acids is 4. The molecule has 0 bridgehead atoms. The SMILES string of the molecule is CCNC(=O)[C@@H](NC(=O)[C@H](C)NC[C@H](Cc1ccccc1)NC(=O)c1cc(C(=O)N[C@H](C)c2cccc(Cl)c2)cc(N(C)S(=O)(=O)N2CCOCC2)c1)C(C)C. The molecule has 0 saturated carbocycles. The second kappa shape index (κ2) is 20.6. The highest BCUT2D eigenvalue weighted by atomic mass is 35.5. The molecule has 5 N–H and O–H groups in total. The van der Waals surface area contributed by atoms with Gasteiger partial charge in [0.2, 0.25) is 11.8 Å². The van der Waals surface area contributed by atoms with Gasteiger partial charge in [-0.1, -0.05) is 67.9 Å². The van der Waals surface area contributed by atoms with Gasteiger partial charge in [-0.2, -0.15) is 12.7 Å². The van der Waals surface area contributed by atoms with Crippen LogP contribution in [0.4, 0.5) is 5.69 Å². The largest absolute Gasteiger partial charge is 0.379 e. The molecule has 1 aliphatic rings. The van der Waals surface area contributed by atoms with E-state index in [0.29, 0.717) is 18.0 Å². The Morgan fingerprint density at radius 2 is 1.48 bits per heavy atom. The molecule has 16 heteroatoms. The van der Waals surface area contributed by atoms with Gasteiger partial charge in [-0.05, 0) is 74.6 Å². The lowest BCUT2D eigenvalue weighted by molar-refractivity contribution is -0.130. The van der Waals surface area contributed by atoms with Crippen molar-refractivity contribution < 1.29 is 32.3 Å². The number of morpholine rings is 1. The van der Waals surface area contributed by atoms with Crippen molar-refractivity contribution in [1.29, 1.82) is 0 Å². The summed E-state index contributed by atoms with van der Waals surface area (Å²) in [5, 5.41) is 15.3. The van der Waals surface area contributed by atoms with Crippen molar-refractivity contribution in [2.45, 2.75) is 65.2 Å². The first-order valence-electron chi connectivity index (χ1n) is 18.8. The van der Waals surface area contributed by atoms with E-state index in [1.54, 1.807) is 32.0 Å². The molecule has 56 heavy (non-hydrogen) atoms. The van der Waals surface area contributed by atoms with Gasteiger partial charge in [0.25, 0.3) is 11.8 Å². The predicted octanol–water partition coefficient (Wildman–Crippen LogP) is 3.44. The average Bonchev–Trinajstić information content (AvgIpc) is 3.18. The van der Waals surface area contributed by atoms with E-state index in [0.717, 1.165) is 15.4 Å². The summed E-state index contributed by atoms with van der Waals surface area (Å²) in [6.45, 7) is 10.4. The van der Waals surface area contributed by atoms with Gasteiger partial charge in [0.1, 0.15) is 6.04 Å². The molecule has 0 radical (unpaired) electrons. The minimum atomic E-state index is -4.05. The topological polar surface area (TPSA) is 178 Å². The fourth-order valence-electron chi connectivity index (χ4n) is 6.13. The summed E-state index contributed by atoms with van der Waals surface area (Å²) in [7, 11) is -2.67. The Kier molecular flexibility index (Phi) is 16.2. The van der Waals surface area contributed by atoms with Crippen LogP contribution in [0.1, 0.15) is 72.5 Å². The van der Waals surface area contributed by atoms with Crippen LogP contribution in [-0.2, 0) is 31.0 Å². The summed E-state index contributed by atoms with van der Waals surface area (Å²) in [5.74, 6) is -1.87. The van der Waals surface area contributed by atoms with Crippen LogP contribution in [0, 0.1) is 5.92 Å². The molecule has 4 rings (SSSR count). The number of nitrogens with zero attached hydrogens (tertiary/aromatic N) is 2. The molecule has 0 aliphatic carbocycles. The number of halogens is 1. The summed E-state index contributed by atoms with van der Waals surface area (Å²) in [6, 6.07) is 18.4. The zero-order valence-electron chi connectivity index (χ0n) is 32.8. The van der Waals surface area contributed by atoms with E-state index < -0.39 is 46.2 Å². The predicted molar refractivity (Wildman–Crippen MR) is 218 cm³/mol. The van der Waals surface area contributed by atoms with E-state index in [9.17, 15) is 27.6 Å². The van der Waals surface area contributed by atoms with Crippen LogP contribution in [0.3, 0.4) is 0 Å². The van der Waals surface area contributed by atoms with Crippen LogP contribution in [0.2, 0.25) is 5.02 Å². The van der Waals surface area contributed by atoms with Crippen LogP contribution in [0.15, 0.2) is 72.8 Å². The number of anilines is 1. The standard InChI is InChI=1S/C40H54ClN7O7S/c1-7-42-40(52)36(26(2)3)46-37(49)28(5)43-25-34(20-29-12-9-8-10-13-29)45-39(51)32-21-31(38(50)44-27(4)30-14-11-15-33(41)22-30)23-35(24-32)47(6)56(53,54)48-16-18-55-19-17-48/h8-15,21-24,26-28,34,36,43H,7,16-20,25H2,1-6H3,(H,42,52)(H,44,50)(H,45,51)(H,46,49)/t27-,28+,34+,36+/m1/s1. The number of carbonyl (C=O) groups is 4. The van der Waals surface area contributed by atoms with Crippen molar-refractivity contribution >= 4 is 51.1 Å². The molecular formula is C40H54ClN7O7S. The molecule has 1 saturated heterocycles. The minimum absolute atomic E-state index is 0.0534. The van der Waals surface area contributed by atoms with Gasteiger partial charge in [-0.25, -0.2) is 0 Å². The molecule has 3 aromatic rings. The Morgan fingerprint density at radius 3 is 2.09 bits per heavy atom. The van der Waals surface area contributed by atoms with Crippen molar-refractivity contribution in [3.8, 4) is 0 Å². The first-order valence-corrected chi connectivity index (χ1v) is 20.6. The summed E-state index contributed by atoms with van der Waals surface area (Å²) in [5.41, 5.74) is 1.92. The molecule has 3 aromatic carbocycles. The van der Waals surface area contributed by atoms with E-state index in [2.05, 4.69) is 26.6 Å². The number of ether oxygens (including phenoxy) is 1. The Bertz CT molecular complexity index is 1930. The quantitative estimate of drug-likeness (QED) is 0.130. The first-order chi connectivity index (χ1) is 26.6. The van der Waals surface area contributed by atoms with E-state index >= 15 is 0 Å². The molecule has 0 aromatic heterocycles. The Labute approximate surface area is 335 Å². The number of nitrogens with one attached hydrogen (secondary N) is 5. The highest BCUT2D eigenvalue weighted by molar-refractivity contribution is 7.90. The number of benzene rings is 3. The van der Waals surface area contributed by atoms with Gasteiger partial charge < -0.3 is 31.3 Å². The average molecular weight is 812 g/mol. The first kappa shape index (κ1) is 44.2. The second-order valence-electron chi connectivity index (χ2n) is 14.1. The highest BCUT2D eigenvalue weighted by Crippen LogP contribution is 2.25. The van der Waals surface area contributed by atoms with Gasteiger partial charge in [0.05, 0.1) is 31.0 Å². The van der Waals surface area contributed by atoms with E-state index in [1.807, 2.05) is 57.2 Å². The number of likely N-dealkylation sites (N-methyl/N-ethyl adjacent to an activating group) is 1. The smallest absolute Gasteiger partial charge is 0.303 e.